The van der Waals surface area contributed by atoms with E-state index in [2.05, 4.69) is 19.2 Å². The van der Waals surface area contributed by atoms with E-state index in [0.29, 0.717) is 12.3 Å². The topological polar surface area (TPSA) is 55.1 Å². The Labute approximate surface area is 110 Å². The maximum Gasteiger partial charge on any atom is 0.244 e. The Balaban J connectivity index is 2.88. The smallest absolute Gasteiger partial charge is 0.244 e. The van der Waals surface area contributed by atoms with E-state index in [4.69, 9.17) is 5.73 Å². The minimum atomic E-state index is -0.807. The van der Waals surface area contributed by atoms with Gasteiger partial charge >= 0.3 is 0 Å². The van der Waals surface area contributed by atoms with E-state index < -0.39 is 5.54 Å². The summed E-state index contributed by atoms with van der Waals surface area (Å²) < 4.78 is 0. The molecule has 0 fully saturated rings. The highest BCUT2D eigenvalue weighted by Gasteiger charge is 2.27. The van der Waals surface area contributed by atoms with E-state index in [1.807, 2.05) is 31.2 Å². The molecule has 3 heteroatoms. The van der Waals surface area contributed by atoms with Gasteiger partial charge in [-0.1, -0.05) is 45.4 Å². The highest BCUT2D eigenvalue weighted by Crippen LogP contribution is 2.24. The Morgan fingerprint density at radius 3 is 2.56 bits per heavy atom. The molecule has 1 aromatic rings. The molecule has 1 aromatic carbocycles. The summed E-state index contributed by atoms with van der Waals surface area (Å²) in [6, 6.07) is 7.87. The number of hydrogen-bond acceptors (Lipinski definition) is 2. The molecule has 1 rings (SSSR count). The Morgan fingerprint density at radius 1 is 1.39 bits per heavy atom. The third-order valence-corrected chi connectivity index (χ3v) is 3.12. The molecule has 0 saturated heterocycles. The van der Waals surface area contributed by atoms with Crippen LogP contribution >= 0.6 is 0 Å². The summed E-state index contributed by atoms with van der Waals surface area (Å²) in [6.07, 6.45) is 1.58. The first-order valence-corrected chi connectivity index (χ1v) is 6.57. The largest absolute Gasteiger partial charge is 0.324 e. The Kier molecular flexibility index (Phi) is 4.91. The molecule has 3 N–H and O–H groups in total. The summed E-state index contributed by atoms with van der Waals surface area (Å²) >= 11 is 0. The summed E-state index contributed by atoms with van der Waals surface area (Å²) in [7, 11) is 0. The zero-order valence-electron chi connectivity index (χ0n) is 11.8. The number of rotatable bonds is 5. The van der Waals surface area contributed by atoms with Crippen molar-refractivity contribution in [1.29, 1.82) is 0 Å². The first-order chi connectivity index (χ1) is 8.38. The van der Waals surface area contributed by atoms with Crippen molar-refractivity contribution in [2.75, 3.05) is 5.32 Å². The lowest BCUT2D eigenvalue weighted by Gasteiger charge is -2.24. The molecule has 0 saturated carbocycles. The second kappa shape index (κ2) is 6.01. The van der Waals surface area contributed by atoms with Crippen LogP contribution in [0.4, 0.5) is 5.69 Å². The average Bonchev–Trinajstić information content (AvgIpc) is 2.29. The molecule has 3 nitrogen and oxygen atoms in total. The molecule has 0 aromatic heterocycles. The Hall–Kier alpha value is -1.35. The van der Waals surface area contributed by atoms with Gasteiger partial charge < -0.3 is 11.1 Å². The number of nitrogens with two attached hydrogens (primary N) is 1. The summed E-state index contributed by atoms with van der Waals surface area (Å²) in [4.78, 5) is 12.2. The highest BCUT2D eigenvalue weighted by molar-refractivity contribution is 5.98. The van der Waals surface area contributed by atoms with Crippen molar-refractivity contribution < 1.29 is 4.79 Å². The normalized spacial score (nSPS) is 14.3. The predicted molar refractivity (Wildman–Crippen MR) is 76.7 cm³/mol. The molecular formula is C15H24N2O. The number of nitrogens with one attached hydrogen (secondary N) is 1. The third kappa shape index (κ3) is 3.57. The molecule has 1 atom stereocenters. The number of carbonyl (C=O) groups is 1. The minimum Gasteiger partial charge on any atom is -0.324 e. The molecule has 0 aliphatic rings. The van der Waals surface area contributed by atoms with Crippen LogP contribution in [0.15, 0.2) is 24.3 Å². The Morgan fingerprint density at radius 2 is 2.00 bits per heavy atom. The van der Waals surface area contributed by atoms with Crippen LogP contribution < -0.4 is 11.1 Å². The van der Waals surface area contributed by atoms with Crippen LogP contribution in [0.3, 0.4) is 0 Å². The van der Waals surface area contributed by atoms with E-state index in [0.717, 1.165) is 17.7 Å². The second-order valence-corrected chi connectivity index (χ2v) is 5.36. The fourth-order valence-electron chi connectivity index (χ4n) is 2.01. The molecule has 1 amide bonds. The lowest BCUT2D eigenvalue weighted by molar-refractivity contribution is -0.120. The van der Waals surface area contributed by atoms with Crippen molar-refractivity contribution in [1.82, 2.24) is 0 Å². The van der Waals surface area contributed by atoms with Crippen LogP contribution in [-0.4, -0.2) is 11.4 Å². The zero-order chi connectivity index (χ0) is 13.8. The van der Waals surface area contributed by atoms with Crippen molar-refractivity contribution in [3.05, 3.63) is 29.8 Å². The molecule has 0 aliphatic carbocycles. The predicted octanol–water partition coefficient (Wildman–Crippen LogP) is 3.27. The van der Waals surface area contributed by atoms with Crippen LogP contribution in [-0.2, 0) is 4.79 Å². The standard InChI is InChI=1S/C15H24N2O/c1-5-10-15(4,16)14(18)17-13-9-7-6-8-12(13)11(2)3/h6-9,11H,5,10,16H2,1-4H3,(H,17,18). The lowest BCUT2D eigenvalue weighted by atomic mass is 9.95. The van der Waals surface area contributed by atoms with Crippen molar-refractivity contribution in [3.63, 3.8) is 0 Å². The first-order valence-electron chi connectivity index (χ1n) is 6.57. The van der Waals surface area contributed by atoms with Crippen LogP contribution in [0.1, 0.15) is 52.0 Å². The summed E-state index contributed by atoms with van der Waals surface area (Å²) in [5.74, 6) is 0.258. The van der Waals surface area contributed by atoms with Gasteiger partial charge in [0.25, 0.3) is 0 Å². The number of benzene rings is 1. The van der Waals surface area contributed by atoms with Gasteiger partial charge in [-0.25, -0.2) is 0 Å². The first kappa shape index (κ1) is 14.7. The molecule has 100 valence electrons. The molecule has 0 spiro atoms. The fraction of sp³-hybridized carbons (Fsp3) is 0.533. The van der Waals surface area contributed by atoms with E-state index >= 15 is 0 Å². The number of hydrogen-bond donors (Lipinski definition) is 2. The Bertz CT molecular complexity index is 411. The molecular weight excluding hydrogens is 224 g/mol. The van der Waals surface area contributed by atoms with E-state index in [9.17, 15) is 4.79 Å². The fourth-order valence-corrected chi connectivity index (χ4v) is 2.01. The molecule has 0 bridgehead atoms. The van der Waals surface area contributed by atoms with Crippen molar-refractivity contribution in [2.45, 2.75) is 52.0 Å². The molecule has 18 heavy (non-hydrogen) atoms. The second-order valence-electron chi connectivity index (χ2n) is 5.36. The average molecular weight is 248 g/mol. The number of carbonyl (C=O) groups excluding carboxylic acids is 1. The van der Waals surface area contributed by atoms with Gasteiger partial charge in [0.1, 0.15) is 0 Å². The third-order valence-electron chi connectivity index (χ3n) is 3.12. The van der Waals surface area contributed by atoms with Gasteiger partial charge in [-0.15, -0.1) is 0 Å². The summed E-state index contributed by atoms with van der Waals surface area (Å²) in [5, 5.41) is 2.95. The molecule has 0 radical (unpaired) electrons. The van der Waals surface area contributed by atoms with Gasteiger partial charge in [0.05, 0.1) is 5.54 Å². The zero-order valence-corrected chi connectivity index (χ0v) is 11.8. The highest BCUT2D eigenvalue weighted by atomic mass is 16.2. The van der Waals surface area contributed by atoms with Crippen molar-refractivity contribution in [2.24, 2.45) is 5.73 Å². The van der Waals surface area contributed by atoms with Crippen molar-refractivity contribution >= 4 is 11.6 Å². The van der Waals surface area contributed by atoms with Gasteiger partial charge in [-0.3, -0.25) is 4.79 Å². The number of para-hydroxylation sites is 1. The lowest BCUT2D eigenvalue weighted by Crippen LogP contribution is -2.48. The quantitative estimate of drug-likeness (QED) is 0.840. The van der Waals surface area contributed by atoms with Gasteiger partial charge in [0, 0.05) is 5.69 Å². The van der Waals surface area contributed by atoms with E-state index in [1.165, 1.54) is 0 Å². The van der Waals surface area contributed by atoms with E-state index in [1.54, 1.807) is 6.92 Å². The maximum atomic E-state index is 12.2. The van der Waals surface area contributed by atoms with E-state index in [-0.39, 0.29) is 5.91 Å². The monoisotopic (exact) mass is 248 g/mol. The molecule has 0 heterocycles. The maximum absolute atomic E-state index is 12.2. The number of anilines is 1. The molecule has 0 aliphatic heterocycles. The van der Waals surface area contributed by atoms with Gasteiger partial charge in [0.2, 0.25) is 5.91 Å². The molecule has 1 unspecified atom stereocenters. The summed E-state index contributed by atoms with van der Waals surface area (Å²) in [6.45, 7) is 8.03. The van der Waals surface area contributed by atoms with Crippen LogP contribution in [0.5, 0.6) is 0 Å². The van der Waals surface area contributed by atoms with Gasteiger partial charge in [0.15, 0.2) is 0 Å². The minimum absolute atomic E-state index is 0.113. The van der Waals surface area contributed by atoms with Crippen LogP contribution in [0, 0.1) is 0 Å². The van der Waals surface area contributed by atoms with Crippen LogP contribution in [0.25, 0.3) is 0 Å². The SMILES string of the molecule is CCCC(C)(N)C(=O)Nc1ccccc1C(C)C. The van der Waals surface area contributed by atoms with Crippen molar-refractivity contribution in [3.8, 4) is 0 Å². The van der Waals surface area contributed by atoms with Gasteiger partial charge in [-0.2, -0.15) is 0 Å². The number of amides is 1. The summed E-state index contributed by atoms with van der Waals surface area (Å²) in [5.41, 5.74) is 7.23. The van der Waals surface area contributed by atoms with Crippen LogP contribution in [0.2, 0.25) is 0 Å². The van der Waals surface area contributed by atoms with Gasteiger partial charge in [-0.05, 0) is 30.9 Å².